The smallest absolute Gasteiger partial charge is 0.229 e. The summed E-state index contributed by atoms with van der Waals surface area (Å²) in [5.41, 5.74) is 0. The molecule has 0 radical (unpaired) electrons. The van der Waals surface area contributed by atoms with Crippen molar-refractivity contribution in [1.29, 1.82) is 0 Å². The van der Waals surface area contributed by atoms with E-state index in [0.29, 0.717) is 0 Å². The number of carbonyl (C=O) groups is 2. The molecule has 0 aromatic rings. The third-order valence-electron chi connectivity index (χ3n) is 2.28. The highest BCUT2D eigenvalue weighted by molar-refractivity contribution is 5.96. The number of amides is 1. The molecule has 0 fully saturated rings. The van der Waals surface area contributed by atoms with Crippen LogP contribution in [0.15, 0.2) is 0 Å². The van der Waals surface area contributed by atoms with Gasteiger partial charge in [0.2, 0.25) is 5.91 Å². The molecule has 0 unspecified atom stereocenters. The number of Topliss-reactive ketones (excluding diaryl/α,β-unsaturated/α-hetero) is 1. The van der Waals surface area contributed by atoms with E-state index in [1.165, 1.54) is 6.92 Å². The zero-order valence-corrected chi connectivity index (χ0v) is 8.96. The minimum absolute atomic E-state index is 0.0347. The van der Waals surface area contributed by atoms with Crippen molar-refractivity contribution in [1.82, 2.24) is 4.90 Å². The van der Waals surface area contributed by atoms with Crippen LogP contribution in [0.1, 0.15) is 40.0 Å². The lowest BCUT2D eigenvalue weighted by molar-refractivity contribution is -0.135. The molecule has 76 valence electrons. The standard InChI is InChI=1S/C10H19NO2/c1-5-9(6-2)11(4)10(13)7-8(3)12/h9H,5-7H2,1-4H3. The van der Waals surface area contributed by atoms with Crippen LogP contribution in [0.25, 0.3) is 0 Å². The van der Waals surface area contributed by atoms with E-state index in [1.807, 2.05) is 13.8 Å². The molecule has 0 aliphatic heterocycles. The Bertz CT molecular complexity index is 185. The third-order valence-corrected chi connectivity index (χ3v) is 2.28. The van der Waals surface area contributed by atoms with Gasteiger partial charge >= 0.3 is 0 Å². The molecule has 0 bridgehead atoms. The fraction of sp³-hybridized carbons (Fsp3) is 0.800. The van der Waals surface area contributed by atoms with Crippen molar-refractivity contribution in [2.24, 2.45) is 0 Å². The summed E-state index contributed by atoms with van der Waals surface area (Å²) < 4.78 is 0. The third kappa shape index (κ3) is 4.06. The van der Waals surface area contributed by atoms with Gasteiger partial charge < -0.3 is 4.90 Å². The normalized spacial score (nSPS) is 10.2. The van der Waals surface area contributed by atoms with Gasteiger partial charge in [-0.05, 0) is 19.8 Å². The monoisotopic (exact) mass is 185 g/mol. The molecular formula is C10H19NO2. The number of nitrogens with zero attached hydrogens (tertiary/aromatic N) is 1. The van der Waals surface area contributed by atoms with Crippen molar-refractivity contribution >= 4 is 11.7 Å². The molecule has 0 aliphatic carbocycles. The molecule has 1 amide bonds. The SMILES string of the molecule is CCC(CC)N(C)C(=O)CC(C)=O. The van der Waals surface area contributed by atoms with Gasteiger partial charge in [0, 0.05) is 13.1 Å². The average Bonchev–Trinajstić information content (AvgIpc) is 2.05. The van der Waals surface area contributed by atoms with Crippen LogP contribution in [0.4, 0.5) is 0 Å². The predicted molar refractivity (Wildman–Crippen MR) is 52.4 cm³/mol. The highest BCUT2D eigenvalue weighted by atomic mass is 16.2. The van der Waals surface area contributed by atoms with E-state index >= 15 is 0 Å². The molecule has 0 saturated carbocycles. The van der Waals surface area contributed by atoms with Gasteiger partial charge in [-0.3, -0.25) is 9.59 Å². The van der Waals surface area contributed by atoms with Gasteiger partial charge in [0.25, 0.3) is 0 Å². The molecule has 0 aliphatic rings. The summed E-state index contributed by atoms with van der Waals surface area (Å²) in [4.78, 5) is 23.8. The molecule has 0 aromatic carbocycles. The number of hydrogen-bond donors (Lipinski definition) is 0. The van der Waals surface area contributed by atoms with E-state index in [0.717, 1.165) is 12.8 Å². The van der Waals surface area contributed by atoms with Crippen molar-refractivity contribution in [3.05, 3.63) is 0 Å². The molecule has 0 rings (SSSR count). The maximum atomic E-state index is 11.4. The molecular weight excluding hydrogens is 166 g/mol. The molecule has 0 aromatic heterocycles. The Labute approximate surface area is 80.1 Å². The first kappa shape index (κ1) is 12.1. The van der Waals surface area contributed by atoms with Gasteiger partial charge in [0.1, 0.15) is 5.78 Å². The number of carbonyl (C=O) groups excluding carboxylic acids is 2. The van der Waals surface area contributed by atoms with E-state index in [-0.39, 0.29) is 24.2 Å². The zero-order chi connectivity index (χ0) is 10.4. The number of ketones is 1. The maximum Gasteiger partial charge on any atom is 0.229 e. The van der Waals surface area contributed by atoms with Crippen LogP contribution in [0.5, 0.6) is 0 Å². The second-order valence-electron chi connectivity index (χ2n) is 3.35. The molecule has 0 saturated heterocycles. The lowest BCUT2D eigenvalue weighted by Crippen LogP contribution is -2.36. The van der Waals surface area contributed by atoms with Crippen molar-refractivity contribution in [3.8, 4) is 0 Å². The predicted octanol–water partition coefficient (Wildman–Crippen LogP) is 1.61. The van der Waals surface area contributed by atoms with Crippen LogP contribution in [-0.4, -0.2) is 29.7 Å². The largest absolute Gasteiger partial charge is 0.342 e. The number of rotatable bonds is 5. The minimum Gasteiger partial charge on any atom is -0.342 e. The van der Waals surface area contributed by atoms with Crippen molar-refractivity contribution in [2.45, 2.75) is 46.1 Å². The molecule has 3 nitrogen and oxygen atoms in total. The van der Waals surface area contributed by atoms with Crippen LogP contribution in [0.3, 0.4) is 0 Å². The summed E-state index contributed by atoms with van der Waals surface area (Å²) in [6.45, 7) is 5.54. The molecule has 13 heavy (non-hydrogen) atoms. The molecule has 0 atom stereocenters. The van der Waals surface area contributed by atoms with Crippen LogP contribution in [-0.2, 0) is 9.59 Å². The van der Waals surface area contributed by atoms with Crippen molar-refractivity contribution in [3.63, 3.8) is 0 Å². The fourth-order valence-corrected chi connectivity index (χ4v) is 1.38. The topological polar surface area (TPSA) is 37.4 Å². The number of hydrogen-bond acceptors (Lipinski definition) is 2. The van der Waals surface area contributed by atoms with Crippen LogP contribution in [0.2, 0.25) is 0 Å². The van der Waals surface area contributed by atoms with Gasteiger partial charge in [-0.25, -0.2) is 0 Å². The Morgan fingerprint density at radius 3 is 2.00 bits per heavy atom. The van der Waals surface area contributed by atoms with Crippen LogP contribution < -0.4 is 0 Å². The highest BCUT2D eigenvalue weighted by Crippen LogP contribution is 2.07. The first-order chi connectivity index (χ1) is 6.02. The van der Waals surface area contributed by atoms with Crippen LogP contribution in [0, 0.1) is 0 Å². The van der Waals surface area contributed by atoms with Gasteiger partial charge in [-0.2, -0.15) is 0 Å². The molecule has 0 N–H and O–H groups in total. The maximum absolute atomic E-state index is 11.4. The summed E-state index contributed by atoms with van der Waals surface area (Å²) in [5, 5.41) is 0. The first-order valence-corrected chi connectivity index (χ1v) is 4.78. The lowest BCUT2D eigenvalue weighted by atomic mass is 10.1. The highest BCUT2D eigenvalue weighted by Gasteiger charge is 2.17. The quantitative estimate of drug-likeness (QED) is 0.610. The second kappa shape index (κ2) is 5.73. The van der Waals surface area contributed by atoms with Crippen molar-refractivity contribution < 1.29 is 9.59 Å². The van der Waals surface area contributed by atoms with Gasteiger partial charge in [-0.15, -0.1) is 0 Å². The van der Waals surface area contributed by atoms with E-state index in [4.69, 9.17) is 0 Å². The fourth-order valence-electron chi connectivity index (χ4n) is 1.38. The van der Waals surface area contributed by atoms with Gasteiger partial charge in [0.05, 0.1) is 6.42 Å². The van der Waals surface area contributed by atoms with Gasteiger partial charge in [-0.1, -0.05) is 13.8 Å². The minimum atomic E-state index is -0.0683. The summed E-state index contributed by atoms with van der Waals surface area (Å²) in [6, 6.07) is 0.270. The molecule has 0 spiro atoms. The van der Waals surface area contributed by atoms with E-state index in [1.54, 1.807) is 11.9 Å². The second-order valence-corrected chi connectivity index (χ2v) is 3.35. The Morgan fingerprint density at radius 1 is 1.23 bits per heavy atom. The molecule has 0 heterocycles. The summed E-state index contributed by atoms with van der Waals surface area (Å²) >= 11 is 0. The lowest BCUT2D eigenvalue weighted by Gasteiger charge is -2.25. The average molecular weight is 185 g/mol. The Balaban J connectivity index is 4.14. The summed E-state index contributed by atoms with van der Waals surface area (Å²) in [7, 11) is 1.77. The van der Waals surface area contributed by atoms with Crippen LogP contribution >= 0.6 is 0 Å². The Morgan fingerprint density at radius 2 is 1.69 bits per heavy atom. The van der Waals surface area contributed by atoms with Crippen molar-refractivity contribution in [2.75, 3.05) is 7.05 Å². The Hall–Kier alpha value is -0.860. The Kier molecular flexibility index (Phi) is 5.35. The first-order valence-electron chi connectivity index (χ1n) is 4.78. The van der Waals surface area contributed by atoms with E-state index < -0.39 is 0 Å². The molecule has 3 heteroatoms. The van der Waals surface area contributed by atoms with E-state index in [9.17, 15) is 9.59 Å². The summed E-state index contributed by atoms with van der Waals surface area (Å²) in [6.07, 6.45) is 1.92. The zero-order valence-electron chi connectivity index (χ0n) is 8.96. The van der Waals surface area contributed by atoms with E-state index in [2.05, 4.69) is 0 Å². The summed E-state index contributed by atoms with van der Waals surface area (Å²) in [5.74, 6) is -0.135. The van der Waals surface area contributed by atoms with Gasteiger partial charge in [0.15, 0.2) is 0 Å².